The number of rotatable bonds is 10. The van der Waals surface area contributed by atoms with E-state index in [1.807, 2.05) is 12.3 Å². The lowest BCUT2D eigenvalue weighted by Crippen LogP contribution is -2.38. The molecule has 1 aliphatic carbocycles. The van der Waals surface area contributed by atoms with Crippen LogP contribution < -0.4 is 26.9 Å². The van der Waals surface area contributed by atoms with E-state index >= 15 is 0 Å². The predicted molar refractivity (Wildman–Crippen MR) is 115 cm³/mol. The van der Waals surface area contributed by atoms with Crippen molar-refractivity contribution in [1.29, 1.82) is 0 Å². The second-order valence-corrected chi connectivity index (χ2v) is 7.92. The van der Waals surface area contributed by atoms with Crippen molar-refractivity contribution in [2.24, 2.45) is 5.92 Å². The Kier molecular flexibility index (Phi) is 6.53. The average molecular weight is 412 g/mol. The number of ether oxygens (including phenoxy) is 1. The molecule has 1 aliphatic heterocycles. The number of allylic oxidation sites excluding steroid dienone is 1. The Balaban J connectivity index is 1.27. The standard InChI is InChI=1S/C22H29N5O3/c28-21-11-13-26(22(29)24-21)12-4-8-19-15-23-25-27(19)14-10-18-7-1-2-9-20(18)30-16-17-5-3-6-17/h1-2,7,9,11,13,15,17,23,25H,3-6,8,10,12,14,16H2,(H,24,28,29). The van der Waals surface area contributed by atoms with Crippen LogP contribution in [0.5, 0.6) is 5.75 Å². The third kappa shape index (κ3) is 5.13. The monoisotopic (exact) mass is 411 g/mol. The fourth-order valence-electron chi connectivity index (χ4n) is 3.75. The normalized spacial score (nSPS) is 16.1. The first kappa shape index (κ1) is 20.3. The zero-order valence-electron chi connectivity index (χ0n) is 17.1. The molecule has 2 aromatic rings. The van der Waals surface area contributed by atoms with E-state index in [1.54, 1.807) is 6.20 Å². The molecule has 0 atom stereocenters. The minimum Gasteiger partial charge on any atom is -0.493 e. The van der Waals surface area contributed by atoms with E-state index in [4.69, 9.17) is 4.74 Å². The molecule has 0 amide bonds. The molecule has 4 rings (SSSR count). The summed E-state index contributed by atoms with van der Waals surface area (Å²) in [6.45, 7) is 2.18. The summed E-state index contributed by atoms with van der Waals surface area (Å²) >= 11 is 0. The van der Waals surface area contributed by atoms with Crippen molar-refractivity contribution >= 4 is 0 Å². The van der Waals surface area contributed by atoms with Crippen LogP contribution in [-0.4, -0.2) is 27.7 Å². The minimum atomic E-state index is -0.369. The van der Waals surface area contributed by atoms with Crippen molar-refractivity contribution in [3.05, 3.63) is 74.8 Å². The van der Waals surface area contributed by atoms with Crippen molar-refractivity contribution in [1.82, 2.24) is 25.5 Å². The average Bonchev–Trinajstić information content (AvgIpc) is 3.15. The Hall–Kier alpha value is -3.00. The van der Waals surface area contributed by atoms with Crippen LogP contribution in [0.25, 0.3) is 0 Å². The van der Waals surface area contributed by atoms with Crippen LogP contribution in [0.3, 0.4) is 0 Å². The first-order valence-corrected chi connectivity index (χ1v) is 10.7. The highest BCUT2D eigenvalue weighted by Crippen LogP contribution is 2.28. The summed E-state index contributed by atoms with van der Waals surface area (Å²) in [6.07, 6.45) is 9.86. The van der Waals surface area contributed by atoms with Crippen LogP contribution in [0, 0.1) is 5.92 Å². The molecule has 8 heteroatoms. The molecule has 160 valence electrons. The molecule has 2 aliphatic rings. The molecule has 0 unspecified atom stereocenters. The predicted octanol–water partition coefficient (Wildman–Crippen LogP) is 1.90. The van der Waals surface area contributed by atoms with Crippen LogP contribution in [0.4, 0.5) is 0 Å². The smallest absolute Gasteiger partial charge is 0.328 e. The highest BCUT2D eigenvalue weighted by atomic mass is 16.5. The Morgan fingerprint density at radius 3 is 2.73 bits per heavy atom. The number of aryl methyl sites for hydroxylation is 1. The van der Waals surface area contributed by atoms with Crippen LogP contribution in [0.1, 0.15) is 37.7 Å². The number of H-pyrrole nitrogens is 1. The van der Waals surface area contributed by atoms with E-state index in [0.29, 0.717) is 12.5 Å². The number of hydrogen-bond donors (Lipinski definition) is 3. The lowest BCUT2D eigenvalue weighted by molar-refractivity contribution is 0.178. The largest absolute Gasteiger partial charge is 0.493 e. The van der Waals surface area contributed by atoms with Gasteiger partial charge in [0.25, 0.3) is 5.56 Å². The maximum absolute atomic E-state index is 11.8. The van der Waals surface area contributed by atoms with Crippen molar-refractivity contribution in [3.8, 4) is 5.75 Å². The van der Waals surface area contributed by atoms with Gasteiger partial charge in [-0.2, -0.15) is 0 Å². The lowest BCUT2D eigenvalue weighted by atomic mass is 9.86. The number of hydrazine groups is 2. The van der Waals surface area contributed by atoms with Crippen LogP contribution in [-0.2, 0) is 13.0 Å². The van der Waals surface area contributed by atoms with Crippen LogP contribution in [0.15, 0.2) is 58.0 Å². The molecule has 1 aromatic heterocycles. The lowest BCUT2D eigenvalue weighted by Gasteiger charge is -2.26. The molecule has 1 saturated carbocycles. The van der Waals surface area contributed by atoms with Gasteiger partial charge in [-0.25, -0.2) is 4.79 Å². The van der Waals surface area contributed by atoms with Gasteiger partial charge in [-0.15, -0.1) is 5.53 Å². The first-order valence-electron chi connectivity index (χ1n) is 10.7. The van der Waals surface area contributed by atoms with Gasteiger partial charge in [-0.3, -0.25) is 14.8 Å². The summed E-state index contributed by atoms with van der Waals surface area (Å²) in [4.78, 5) is 25.2. The number of aromatic amines is 1. The molecule has 1 aromatic carbocycles. The maximum Gasteiger partial charge on any atom is 0.328 e. The molecule has 0 radical (unpaired) electrons. The SMILES string of the molecule is O=c1ccn(CCCC2=CNNN2CCc2ccccc2OCC2CCC2)c(=O)[nH]1. The summed E-state index contributed by atoms with van der Waals surface area (Å²) in [5, 5.41) is 2.10. The molecule has 8 nitrogen and oxygen atoms in total. The quantitative estimate of drug-likeness (QED) is 0.553. The van der Waals surface area contributed by atoms with E-state index in [-0.39, 0.29) is 11.2 Å². The summed E-state index contributed by atoms with van der Waals surface area (Å²) in [7, 11) is 0. The summed E-state index contributed by atoms with van der Waals surface area (Å²) in [5.74, 6) is 1.70. The van der Waals surface area contributed by atoms with E-state index < -0.39 is 0 Å². The number of aromatic nitrogens is 2. The third-order valence-corrected chi connectivity index (χ3v) is 5.79. The van der Waals surface area contributed by atoms with Gasteiger partial charge < -0.3 is 14.7 Å². The molecule has 30 heavy (non-hydrogen) atoms. The van der Waals surface area contributed by atoms with E-state index in [0.717, 1.165) is 43.9 Å². The zero-order chi connectivity index (χ0) is 20.8. The van der Waals surface area contributed by atoms with Gasteiger partial charge in [0.2, 0.25) is 0 Å². The van der Waals surface area contributed by atoms with Crippen molar-refractivity contribution < 1.29 is 4.74 Å². The first-order chi connectivity index (χ1) is 14.7. The van der Waals surface area contributed by atoms with Crippen molar-refractivity contribution in [3.63, 3.8) is 0 Å². The van der Waals surface area contributed by atoms with E-state index in [9.17, 15) is 9.59 Å². The number of hydrogen-bond acceptors (Lipinski definition) is 6. The zero-order valence-corrected chi connectivity index (χ0v) is 17.1. The molecule has 1 fully saturated rings. The van der Waals surface area contributed by atoms with Gasteiger partial charge in [-0.1, -0.05) is 24.6 Å². The minimum absolute atomic E-state index is 0.366. The molecule has 0 saturated heterocycles. The molecule has 3 N–H and O–H groups in total. The summed E-state index contributed by atoms with van der Waals surface area (Å²) in [6, 6.07) is 9.64. The van der Waals surface area contributed by atoms with Gasteiger partial charge in [-0.05, 0) is 49.7 Å². The highest BCUT2D eigenvalue weighted by molar-refractivity contribution is 5.33. The second-order valence-electron chi connectivity index (χ2n) is 7.92. The van der Waals surface area contributed by atoms with E-state index in [2.05, 4.69) is 39.2 Å². The number of nitrogens with one attached hydrogen (secondary N) is 3. The molecular formula is C22H29N5O3. The third-order valence-electron chi connectivity index (χ3n) is 5.79. The fourth-order valence-corrected chi connectivity index (χ4v) is 3.75. The summed E-state index contributed by atoms with van der Waals surface area (Å²) < 4.78 is 7.62. The Bertz CT molecular complexity index is 993. The fraction of sp³-hybridized carbons (Fsp3) is 0.455. The van der Waals surface area contributed by atoms with E-state index in [1.165, 1.54) is 35.5 Å². The van der Waals surface area contributed by atoms with Gasteiger partial charge in [0.15, 0.2) is 0 Å². The highest BCUT2D eigenvalue weighted by Gasteiger charge is 2.19. The Labute approximate surface area is 175 Å². The van der Waals surface area contributed by atoms with Gasteiger partial charge >= 0.3 is 5.69 Å². The van der Waals surface area contributed by atoms with Gasteiger partial charge in [0.05, 0.1) is 6.61 Å². The van der Waals surface area contributed by atoms with Crippen molar-refractivity contribution in [2.75, 3.05) is 13.2 Å². The van der Waals surface area contributed by atoms with Crippen LogP contribution >= 0.6 is 0 Å². The molecule has 0 bridgehead atoms. The maximum atomic E-state index is 11.8. The van der Waals surface area contributed by atoms with Gasteiger partial charge in [0.1, 0.15) is 5.75 Å². The number of nitrogens with zero attached hydrogens (tertiary/aromatic N) is 2. The second kappa shape index (κ2) is 9.67. The van der Waals surface area contributed by atoms with Crippen molar-refractivity contribution in [2.45, 2.75) is 45.1 Å². The number of para-hydroxylation sites is 1. The molecule has 0 spiro atoms. The topological polar surface area (TPSA) is 91.4 Å². The number of benzene rings is 1. The summed E-state index contributed by atoms with van der Waals surface area (Å²) in [5.41, 5.74) is 7.85. The Morgan fingerprint density at radius 2 is 1.93 bits per heavy atom. The van der Waals surface area contributed by atoms with Gasteiger partial charge in [0, 0.05) is 37.2 Å². The molecule has 2 heterocycles. The molecular weight excluding hydrogens is 382 g/mol. The van der Waals surface area contributed by atoms with Crippen LogP contribution in [0.2, 0.25) is 0 Å². The Morgan fingerprint density at radius 1 is 1.07 bits per heavy atom.